The van der Waals surface area contributed by atoms with Crippen LogP contribution in [0.25, 0.3) is 0 Å². The second-order valence-electron chi connectivity index (χ2n) is 5.22. The molecule has 9 heteroatoms. The van der Waals surface area contributed by atoms with E-state index in [1.165, 1.54) is 24.3 Å². The Morgan fingerprint density at radius 3 is 2.33 bits per heavy atom. The van der Waals surface area contributed by atoms with Gasteiger partial charge in [0.05, 0.1) is 23.7 Å². The van der Waals surface area contributed by atoms with E-state index in [1.807, 2.05) is 6.07 Å². The van der Waals surface area contributed by atoms with E-state index in [2.05, 4.69) is 10.6 Å². The average Bonchev–Trinajstić information content (AvgIpc) is 2.67. The Bertz CT molecular complexity index is 908. The highest BCUT2D eigenvalue weighted by Crippen LogP contribution is 2.12. The van der Waals surface area contributed by atoms with E-state index in [4.69, 9.17) is 10.00 Å². The number of ether oxygens (including phenoxy) is 1. The van der Waals surface area contributed by atoms with Gasteiger partial charge in [-0.2, -0.15) is 5.26 Å². The van der Waals surface area contributed by atoms with Crippen molar-refractivity contribution in [2.75, 3.05) is 18.5 Å². The molecule has 0 aromatic heterocycles. The molecular formula is C18H13F2N3O4. The van der Waals surface area contributed by atoms with Crippen molar-refractivity contribution in [3.63, 3.8) is 0 Å². The smallest absolute Gasteiger partial charge is 0.338 e. The second-order valence-corrected chi connectivity index (χ2v) is 5.22. The quantitative estimate of drug-likeness (QED) is 0.750. The maximum absolute atomic E-state index is 13.0. The minimum Gasteiger partial charge on any atom is -0.452 e. The van der Waals surface area contributed by atoms with E-state index in [0.717, 1.165) is 18.2 Å². The highest BCUT2D eigenvalue weighted by Gasteiger charge is 2.12. The fourth-order valence-electron chi connectivity index (χ4n) is 1.90. The summed E-state index contributed by atoms with van der Waals surface area (Å²) in [6.07, 6.45) is 0. The van der Waals surface area contributed by atoms with Crippen LogP contribution < -0.4 is 10.6 Å². The number of hydrogen-bond donors (Lipinski definition) is 2. The number of halogens is 2. The number of carbonyl (C=O) groups excluding carboxylic acids is 3. The van der Waals surface area contributed by atoms with Gasteiger partial charge in [-0.3, -0.25) is 9.59 Å². The standard InChI is InChI=1S/C18H13F2N3O4/c19-14-6-5-13(7-15(14)20)23-16(24)9-22-17(25)10-27-18(26)12-3-1-11(8-21)2-4-12/h1-7H,9-10H2,(H,22,25)(H,23,24). The van der Waals surface area contributed by atoms with Crippen molar-refractivity contribution in [1.82, 2.24) is 5.32 Å². The van der Waals surface area contributed by atoms with Crippen LogP contribution in [0, 0.1) is 23.0 Å². The summed E-state index contributed by atoms with van der Waals surface area (Å²) in [6, 6.07) is 10.3. The van der Waals surface area contributed by atoms with E-state index in [1.54, 1.807) is 0 Å². The predicted octanol–water partition coefficient (Wildman–Crippen LogP) is 1.75. The summed E-state index contributed by atoms with van der Waals surface area (Å²) in [6.45, 7) is -1.07. The normalized spacial score (nSPS) is 9.81. The maximum atomic E-state index is 13.0. The molecule has 2 aromatic rings. The molecule has 0 spiro atoms. The summed E-state index contributed by atoms with van der Waals surface area (Å²) in [7, 11) is 0. The zero-order valence-corrected chi connectivity index (χ0v) is 13.8. The first-order valence-electron chi connectivity index (χ1n) is 7.58. The largest absolute Gasteiger partial charge is 0.452 e. The van der Waals surface area contributed by atoms with Crippen molar-refractivity contribution < 1.29 is 27.9 Å². The van der Waals surface area contributed by atoms with Gasteiger partial charge in [-0.25, -0.2) is 13.6 Å². The lowest BCUT2D eigenvalue weighted by Gasteiger charge is -2.08. The summed E-state index contributed by atoms with van der Waals surface area (Å²) in [5.41, 5.74) is 0.564. The fraction of sp³-hybridized carbons (Fsp3) is 0.111. The Hall–Kier alpha value is -3.80. The Morgan fingerprint density at radius 2 is 1.70 bits per heavy atom. The summed E-state index contributed by atoms with van der Waals surface area (Å²) < 4.78 is 30.6. The molecule has 0 saturated carbocycles. The summed E-state index contributed by atoms with van der Waals surface area (Å²) in [5, 5.41) is 13.2. The second kappa shape index (κ2) is 9.05. The molecule has 0 heterocycles. The number of hydrogen-bond acceptors (Lipinski definition) is 5. The fourth-order valence-corrected chi connectivity index (χ4v) is 1.90. The summed E-state index contributed by atoms with van der Waals surface area (Å²) >= 11 is 0. The van der Waals surface area contributed by atoms with Gasteiger partial charge in [-0.1, -0.05) is 0 Å². The van der Waals surface area contributed by atoms with Crippen LogP contribution in [0.2, 0.25) is 0 Å². The molecule has 2 amide bonds. The maximum Gasteiger partial charge on any atom is 0.338 e. The first-order chi connectivity index (χ1) is 12.9. The molecule has 7 nitrogen and oxygen atoms in total. The van der Waals surface area contributed by atoms with E-state index in [0.29, 0.717) is 5.56 Å². The van der Waals surface area contributed by atoms with Gasteiger partial charge in [-0.15, -0.1) is 0 Å². The number of nitrogens with zero attached hydrogens (tertiary/aromatic N) is 1. The van der Waals surface area contributed by atoms with E-state index in [9.17, 15) is 23.2 Å². The van der Waals surface area contributed by atoms with Gasteiger partial charge >= 0.3 is 5.97 Å². The third-order valence-corrected chi connectivity index (χ3v) is 3.23. The molecule has 0 aliphatic carbocycles. The van der Waals surface area contributed by atoms with Crippen molar-refractivity contribution in [3.8, 4) is 6.07 Å². The third-order valence-electron chi connectivity index (χ3n) is 3.23. The third kappa shape index (κ3) is 5.89. The number of carbonyl (C=O) groups is 3. The molecule has 27 heavy (non-hydrogen) atoms. The minimum absolute atomic E-state index is 0.0281. The number of esters is 1. The highest BCUT2D eigenvalue weighted by molar-refractivity contribution is 5.95. The molecule has 0 unspecified atom stereocenters. The number of anilines is 1. The highest BCUT2D eigenvalue weighted by atomic mass is 19.2. The molecule has 2 aromatic carbocycles. The van der Waals surface area contributed by atoms with Crippen LogP contribution in [-0.4, -0.2) is 30.9 Å². The summed E-state index contributed by atoms with van der Waals surface area (Å²) in [4.78, 5) is 35.0. The molecule has 0 radical (unpaired) electrons. The monoisotopic (exact) mass is 373 g/mol. The van der Waals surface area contributed by atoms with Gasteiger partial charge in [0.1, 0.15) is 0 Å². The molecule has 0 bridgehead atoms. The van der Waals surface area contributed by atoms with Crippen molar-refractivity contribution in [3.05, 3.63) is 65.2 Å². The Morgan fingerprint density at radius 1 is 1.00 bits per heavy atom. The van der Waals surface area contributed by atoms with Crippen LogP contribution in [-0.2, 0) is 14.3 Å². The van der Waals surface area contributed by atoms with Crippen molar-refractivity contribution in [1.29, 1.82) is 5.26 Å². The molecule has 0 aliphatic heterocycles. The topological polar surface area (TPSA) is 108 Å². The molecule has 0 saturated heterocycles. The average molecular weight is 373 g/mol. The number of benzene rings is 2. The van der Waals surface area contributed by atoms with Gasteiger partial charge in [0.2, 0.25) is 5.91 Å². The van der Waals surface area contributed by atoms with Gasteiger partial charge < -0.3 is 15.4 Å². The lowest BCUT2D eigenvalue weighted by Crippen LogP contribution is -2.35. The number of amides is 2. The van der Waals surface area contributed by atoms with E-state index < -0.39 is 42.6 Å². The number of nitrogens with one attached hydrogen (secondary N) is 2. The Kier molecular flexibility index (Phi) is 6.55. The lowest BCUT2D eigenvalue weighted by atomic mass is 10.1. The van der Waals surface area contributed by atoms with Crippen LogP contribution in [0.15, 0.2) is 42.5 Å². The van der Waals surface area contributed by atoms with E-state index >= 15 is 0 Å². The summed E-state index contributed by atoms with van der Waals surface area (Å²) in [5.74, 6) is -4.33. The van der Waals surface area contributed by atoms with Crippen LogP contribution in [0.4, 0.5) is 14.5 Å². The molecule has 138 valence electrons. The molecule has 0 aliphatic rings. The lowest BCUT2D eigenvalue weighted by molar-refractivity contribution is -0.126. The van der Waals surface area contributed by atoms with Crippen LogP contribution >= 0.6 is 0 Å². The molecular weight excluding hydrogens is 360 g/mol. The predicted molar refractivity (Wildman–Crippen MR) is 89.4 cm³/mol. The van der Waals surface area contributed by atoms with Crippen molar-refractivity contribution in [2.45, 2.75) is 0 Å². The molecule has 0 atom stereocenters. The zero-order chi connectivity index (χ0) is 19.8. The molecule has 2 rings (SSSR count). The molecule has 0 fully saturated rings. The number of nitriles is 1. The first kappa shape index (κ1) is 19.5. The van der Waals surface area contributed by atoms with Crippen LogP contribution in [0.1, 0.15) is 15.9 Å². The van der Waals surface area contributed by atoms with Crippen molar-refractivity contribution >= 4 is 23.5 Å². The first-order valence-corrected chi connectivity index (χ1v) is 7.58. The minimum atomic E-state index is -1.12. The van der Waals surface area contributed by atoms with Gasteiger partial charge in [-0.05, 0) is 36.4 Å². The Balaban J connectivity index is 1.74. The van der Waals surface area contributed by atoms with Crippen molar-refractivity contribution in [2.24, 2.45) is 0 Å². The molecule has 2 N–H and O–H groups in total. The Labute approximate surface area is 152 Å². The SMILES string of the molecule is N#Cc1ccc(C(=O)OCC(=O)NCC(=O)Nc2ccc(F)c(F)c2)cc1. The zero-order valence-electron chi connectivity index (χ0n) is 13.8. The van der Waals surface area contributed by atoms with Gasteiger partial charge in [0.25, 0.3) is 5.91 Å². The van der Waals surface area contributed by atoms with Gasteiger partial charge in [0.15, 0.2) is 18.2 Å². The van der Waals surface area contributed by atoms with Crippen LogP contribution in [0.3, 0.4) is 0 Å². The van der Waals surface area contributed by atoms with E-state index in [-0.39, 0.29) is 11.3 Å². The van der Waals surface area contributed by atoms with Crippen LogP contribution in [0.5, 0.6) is 0 Å². The van der Waals surface area contributed by atoms with Gasteiger partial charge in [0, 0.05) is 11.8 Å². The number of rotatable bonds is 6.